The summed E-state index contributed by atoms with van der Waals surface area (Å²) in [5, 5.41) is 5.00. The molecule has 122 valence electrons. The van der Waals surface area contributed by atoms with Crippen molar-refractivity contribution >= 4 is 22.4 Å². The highest BCUT2D eigenvalue weighted by Crippen LogP contribution is 2.26. The van der Waals surface area contributed by atoms with E-state index >= 15 is 0 Å². The topological polar surface area (TPSA) is 38.3 Å². The van der Waals surface area contributed by atoms with Crippen LogP contribution in [0.2, 0.25) is 0 Å². The number of aryl methyl sites for hydroxylation is 1. The molecule has 1 amide bonds. The molecule has 3 rings (SSSR count). The highest BCUT2D eigenvalue weighted by Gasteiger charge is 2.16. The average molecular weight is 319 g/mol. The van der Waals surface area contributed by atoms with Crippen LogP contribution in [-0.2, 0) is 11.2 Å². The monoisotopic (exact) mass is 319 g/mol. The number of hydrogen-bond acceptors (Lipinski definition) is 2. The van der Waals surface area contributed by atoms with Crippen molar-refractivity contribution in [3.05, 3.63) is 72.3 Å². The number of carbonyl (C=O) groups is 1. The maximum atomic E-state index is 12.4. The fourth-order valence-corrected chi connectivity index (χ4v) is 2.61. The van der Waals surface area contributed by atoms with E-state index in [1.807, 2.05) is 66.7 Å². The van der Waals surface area contributed by atoms with E-state index in [0.717, 1.165) is 28.6 Å². The van der Waals surface area contributed by atoms with E-state index < -0.39 is 6.10 Å². The summed E-state index contributed by atoms with van der Waals surface area (Å²) in [5.41, 5.74) is 2.03. The second-order valence-electron chi connectivity index (χ2n) is 5.78. The Morgan fingerprint density at radius 3 is 2.46 bits per heavy atom. The zero-order valence-electron chi connectivity index (χ0n) is 14.0. The Kier molecular flexibility index (Phi) is 4.80. The largest absolute Gasteiger partial charge is 0.480 e. The molecule has 0 radical (unpaired) electrons. The molecular weight excluding hydrogens is 298 g/mol. The number of fused-ring (bicyclic) bond motifs is 1. The summed E-state index contributed by atoms with van der Waals surface area (Å²) < 4.78 is 5.89. The smallest absolute Gasteiger partial charge is 0.265 e. The SMILES string of the molecule is CCc1ccc(NC(=O)C(C)Oc2cccc3ccccc23)cc1. The Bertz CT molecular complexity index is 835. The molecule has 1 unspecified atom stereocenters. The van der Waals surface area contributed by atoms with Crippen molar-refractivity contribution < 1.29 is 9.53 Å². The normalized spacial score (nSPS) is 11.9. The van der Waals surface area contributed by atoms with Crippen LogP contribution >= 0.6 is 0 Å². The van der Waals surface area contributed by atoms with E-state index in [1.54, 1.807) is 6.92 Å². The number of benzene rings is 3. The summed E-state index contributed by atoms with van der Waals surface area (Å²) in [4.78, 5) is 12.4. The van der Waals surface area contributed by atoms with Gasteiger partial charge < -0.3 is 10.1 Å². The summed E-state index contributed by atoms with van der Waals surface area (Å²) in [6.07, 6.45) is 0.399. The molecule has 1 N–H and O–H groups in total. The van der Waals surface area contributed by atoms with Gasteiger partial charge in [-0.25, -0.2) is 0 Å². The van der Waals surface area contributed by atoms with E-state index in [0.29, 0.717) is 0 Å². The average Bonchev–Trinajstić information content (AvgIpc) is 2.62. The fraction of sp³-hybridized carbons (Fsp3) is 0.190. The standard InChI is InChI=1S/C21H21NO2/c1-3-16-11-13-18(14-12-16)22-21(23)15(2)24-20-10-6-8-17-7-4-5-9-19(17)20/h4-15H,3H2,1-2H3,(H,22,23). The van der Waals surface area contributed by atoms with E-state index in [-0.39, 0.29) is 5.91 Å². The van der Waals surface area contributed by atoms with Gasteiger partial charge in [-0.15, -0.1) is 0 Å². The Labute approximate surface area is 142 Å². The van der Waals surface area contributed by atoms with Gasteiger partial charge in [0.2, 0.25) is 0 Å². The van der Waals surface area contributed by atoms with E-state index in [2.05, 4.69) is 12.2 Å². The number of rotatable bonds is 5. The zero-order valence-corrected chi connectivity index (χ0v) is 14.0. The molecule has 0 aliphatic carbocycles. The molecule has 0 bridgehead atoms. The first-order valence-electron chi connectivity index (χ1n) is 8.21. The molecule has 0 aliphatic heterocycles. The molecule has 0 spiro atoms. The third kappa shape index (κ3) is 3.57. The maximum Gasteiger partial charge on any atom is 0.265 e. The van der Waals surface area contributed by atoms with Gasteiger partial charge >= 0.3 is 0 Å². The predicted molar refractivity (Wildman–Crippen MR) is 98.5 cm³/mol. The zero-order chi connectivity index (χ0) is 16.9. The van der Waals surface area contributed by atoms with Gasteiger partial charge in [0.05, 0.1) is 0 Å². The van der Waals surface area contributed by atoms with Gasteiger partial charge in [0, 0.05) is 11.1 Å². The lowest BCUT2D eigenvalue weighted by atomic mass is 10.1. The van der Waals surface area contributed by atoms with Crippen molar-refractivity contribution in [2.45, 2.75) is 26.4 Å². The second-order valence-corrected chi connectivity index (χ2v) is 5.78. The number of anilines is 1. The number of ether oxygens (including phenoxy) is 1. The molecule has 3 heteroatoms. The third-order valence-electron chi connectivity index (χ3n) is 4.05. The number of carbonyl (C=O) groups excluding carboxylic acids is 1. The van der Waals surface area contributed by atoms with Crippen LogP contribution in [0.4, 0.5) is 5.69 Å². The maximum absolute atomic E-state index is 12.4. The molecule has 3 aromatic rings. The quantitative estimate of drug-likeness (QED) is 0.733. The first kappa shape index (κ1) is 16.1. The summed E-state index contributed by atoms with van der Waals surface area (Å²) in [5.74, 6) is 0.560. The molecule has 3 aromatic carbocycles. The van der Waals surface area contributed by atoms with Crippen LogP contribution in [0.1, 0.15) is 19.4 Å². The predicted octanol–water partition coefficient (Wildman–Crippen LogP) is 4.81. The first-order chi connectivity index (χ1) is 11.7. The Balaban J connectivity index is 1.71. The molecule has 0 aliphatic rings. The summed E-state index contributed by atoms with van der Waals surface area (Å²) in [6.45, 7) is 3.87. The van der Waals surface area contributed by atoms with Gasteiger partial charge in [0.1, 0.15) is 5.75 Å². The lowest BCUT2D eigenvalue weighted by molar-refractivity contribution is -0.122. The fourth-order valence-electron chi connectivity index (χ4n) is 2.61. The molecule has 24 heavy (non-hydrogen) atoms. The van der Waals surface area contributed by atoms with Crippen LogP contribution in [0.5, 0.6) is 5.75 Å². The van der Waals surface area contributed by atoms with E-state index in [4.69, 9.17) is 4.74 Å². The van der Waals surface area contributed by atoms with Gasteiger partial charge in [-0.3, -0.25) is 4.79 Å². The van der Waals surface area contributed by atoms with Gasteiger partial charge in [-0.1, -0.05) is 55.5 Å². The van der Waals surface area contributed by atoms with Crippen molar-refractivity contribution in [3.8, 4) is 5.75 Å². The lowest BCUT2D eigenvalue weighted by Crippen LogP contribution is -2.30. The third-order valence-corrected chi connectivity index (χ3v) is 4.05. The van der Waals surface area contributed by atoms with Crippen molar-refractivity contribution in [2.75, 3.05) is 5.32 Å². The van der Waals surface area contributed by atoms with E-state index in [1.165, 1.54) is 5.56 Å². The summed E-state index contributed by atoms with van der Waals surface area (Å²) in [7, 11) is 0. The second kappa shape index (κ2) is 7.18. The molecule has 0 saturated heterocycles. The van der Waals surface area contributed by atoms with Crippen LogP contribution in [-0.4, -0.2) is 12.0 Å². The molecule has 0 fully saturated rings. The van der Waals surface area contributed by atoms with Crippen molar-refractivity contribution in [1.82, 2.24) is 0 Å². The van der Waals surface area contributed by atoms with Crippen LogP contribution in [0, 0.1) is 0 Å². The van der Waals surface area contributed by atoms with Crippen LogP contribution in [0.3, 0.4) is 0 Å². The number of nitrogens with one attached hydrogen (secondary N) is 1. The molecule has 3 nitrogen and oxygen atoms in total. The summed E-state index contributed by atoms with van der Waals surface area (Å²) in [6, 6.07) is 21.7. The Morgan fingerprint density at radius 1 is 1.00 bits per heavy atom. The minimum absolute atomic E-state index is 0.160. The highest BCUT2D eigenvalue weighted by atomic mass is 16.5. The Hall–Kier alpha value is -2.81. The molecule has 0 aromatic heterocycles. The van der Waals surface area contributed by atoms with E-state index in [9.17, 15) is 4.79 Å². The van der Waals surface area contributed by atoms with Gasteiger partial charge in [0.25, 0.3) is 5.91 Å². The van der Waals surface area contributed by atoms with Gasteiger partial charge in [-0.05, 0) is 42.5 Å². The van der Waals surface area contributed by atoms with Crippen LogP contribution in [0.25, 0.3) is 10.8 Å². The molecule has 0 heterocycles. The minimum Gasteiger partial charge on any atom is -0.480 e. The highest BCUT2D eigenvalue weighted by molar-refractivity contribution is 5.95. The summed E-state index contributed by atoms with van der Waals surface area (Å²) >= 11 is 0. The Morgan fingerprint density at radius 2 is 1.71 bits per heavy atom. The van der Waals surface area contributed by atoms with Crippen molar-refractivity contribution in [2.24, 2.45) is 0 Å². The van der Waals surface area contributed by atoms with Crippen molar-refractivity contribution in [1.29, 1.82) is 0 Å². The van der Waals surface area contributed by atoms with Gasteiger partial charge in [-0.2, -0.15) is 0 Å². The number of amides is 1. The van der Waals surface area contributed by atoms with Crippen LogP contribution < -0.4 is 10.1 Å². The molecule has 0 saturated carbocycles. The number of hydrogen-bond donors (Lipinski definition) is 1. The van der Waals surface area contributed by atoms with Gasteiger partial charge in [0.15, 0.2) is 6.10 Å². The molecular formula is C21H21NO2. The van der Waals surface area contributed by atoms with Crippen LogP contribution in [0.15, 0.2) is 66.7 Å². The minimum atomic E-state index is -0.582. The van der Waals surface area contributed by atoms with Crippen molar-refractivity contribution in [3.63, 3.8) is 0 Å². The first-order valence-corrected chi connectivity index (χ1v) is 8.21. The molecule has 1 atom stereocenters. The lowest BCUT2D eigenvalue weighted by Gasteiger charge is -2.16.